The number of hydrogen-bond donors (Lipinski definition) is 2. The normalized spacial score (nSPS) is 16.3. The predicted octanol–water partition coefficient (Wildman–Crippen LogP) is 2.64. The Bertz CT molecular complexity index is 647. The molecule has 1 aliphatic rings. The zero-order chi connectivity index (χ0) is 14.9. The first-order valence-corrected chi connectivity index (χ1v) is 7.16. The molecule has 0 radical (unpaired) electrons. The Hall–Kier alpha value is -1.85. The summed E-state index contributed by atoms with van der Waals surface area (Å²) < 4.78 is 4.92. The van der Waals surface area contributed by atoms with Crippen LogP contribution in [0.5, 0.6) is 0 Å². The Balaban J connectivity index is 1.75. The van der Waals surface area contributed by atoms with Crippen LogP contribution in [0.15, 0.2) is 35.1 Å². The highest BCUT2D eigenvalue weighted by atomic mass is 35.5. The standard InChI is InChI=1S/C15H15ClN2O3/c16-11-4-2-10(3-5-11)13-12(8-21-18-13)14(19)17-9-15(20)6-1-7-15/h2-5,8,20H,1,6-7,9H2,(H,17,19). The molecular weight excluding hydrogens is 292 g/mol. The molecule has 0 aliphatic heterocycles. The minimum atomic E-state index is -0.757. The molecule has 2 N–H and O–H groups in total. The fourth-order valence-electron chi connectivity index (χ4n) is 2.32. The lowest BCUT2D eigenvalue weighted by Crippen LogP contribution is -2.47. The topological polar surface area (TPSA) is 75.4 Å². The maximum atomic E-state index is 12.2. The van der Waals surface area contributed by atoms with Gasteiger partial charge in [-0.3, -0.25) is 4.79 Å². The maximum absolute atomic E-state index is 12.2. The van der Waals surface area contributed by atoms with Gasteiger partial charge >= 0.3 is 0 Å². The Labute approximate surface area is 126 Å². The number of halogens is 1. The van der Waals surface area contributed by atoms with Crippen molar-refractivity contribution in [3.05, 3.63) is 41.1 Å². The fraction of sp³-hybridized carbons (Fsp3) is 0.333. The van der Waals surface area contributed by atoms with E-state index in [2.05, 4.69) is 10.5 Å². The molecule has 1 aromatic carbocycles. The first-order chi connectivity index (χ1) is 10.1. The Morgan fingerprint density at radius 2 is 2.10 bits per heavy atom. The van der Waals surface area contributed by atoms with Crippen LogP contribution < -0.4 is 5.32 Å². The van der Waals surface area contributed by atoms with E-state index in [1.165, 1.54) is 6.26 Å². The first-order valence-electron chi connectivity index (χ1n) is 6.78. The minimum Gasteiger partial charge on any atom is -0.388 e. The Morgan fingerprint density at radius 3 is 2.71 bits per heavy atom. The number of nitrogens with zero attached hydrogens (tertiary/aromatic N) is 1. The van der Waals surface area contributed by atoms with Crippen LogP contribution in [0.1, 0.15) is 29.6 Å². The van der Waals surface area contributed by atoms with Crippen molar-refractivity contribution in [2.75, 3.05) is 6.54 Å². The SMILES string of the molecule is O=C(NCC1(O)CCC1)c1conc1-c1ccc(Cl)cc1. The maximum Gasteiger partial charge on any atom is 0.256 e. The molecule has 1 saturated carbocycles. The highest BCUT2D eigenvalue weighted by Gasteiger charge is 2.34. The summed E-state index contributed by atoms with van der Waals surface area (Å²) in [6.45, 7) is 0.247. The van der Waals surface area contributed by atoms with Gasteiger partial charge < -0.3 is 14.9 Å². The molecule has 0 spiro atoms. The third-order valence-corrected chi connectivity index (χ3v) is 4.05. The zero-order valence-electron chi connectivity index (χ0n) is 11.3. The molecule has 0 unspecified atom stereocenters. The van der Waals surface area contributed by atoms with Crippen molar-refractivity contribution in [2.24, 2.45) is 0 Å². The number of benzene rings is 1. The van der Waals surface area contributed by atoms with Crippen LogP contribution in [-0.2, 0) is 0 Å². The molecule has 1 aromatic heterocycles. The van der Waals surface area contributed by atoms with E-state index in [4.69, 9.17) is 16.1 Å². The second-order valence-electron chi connectivity index (χ2n) is 5.34. The van der Waals surface area contributed by atoms with Crippen molar-refractivity contribution in [3.63, 3.8) is 0 Å². The quantitative estimate of drug-likeness (QED) is 0.910. The van der Waals surface area contributed by atoms with E-state index in [1.54, 1.807) is 24.3 Å². The summed E-state index contributed by atoms with van der Waals surface area (Å²) in [4.78, 5) is 12.2. The number of aliphatic hydroxyl groups is 1. The van der Waals surface area contributed by atoms with Gasteiger partial charge in [0.05, 0.1) is 5.60 Å². The van der Waals surface area contributed by atoms with Crippen LogP contribution in [0.2, 0.25) is 5.02 Å². The summed E-state index contributed by atoms with van der Waals surface area (Å²) >= 11 is 5.85. The number of rotatable bonds is 4. The van der Waals surface area contributed by atoms with Gasteiger partial charge in [-0.05, 0) is 31.4 Å². The molecule has 2 aromatic rings. The number of hydrogen-bond acceptors (Lipinski definition) is 4. The largest absolute Gasteiger partial charge is 0.388 e. The highest BCUT2D eigenvalue weighted by molar-refractivity contribution is 6.30. The van der Waals surface area contributed by atoms with E-state index in [1.807, 2.05) is 0 Å². The van der Waals surface area contributed by atoms with Gasteiger partial charge in [0.15, 0.2) is 0 Å². The number of carbonyl (C=O) groups is 1. The summed E-state index contributed by atoms with van der Waals surface area (Å²) in [5, 5.41) is 17.2. The van der Waals surface area contributed by atoms with Crippen molar-refractivity contribution in [1.82, 2.24) is 10.5 Å². The lowest BCUT2D eigenvalue weighted by molar-refractivity contribution is -0.0300. The van der Waals surface area contributed by atoms with Crippen molar-refractivity contribution in [2.45, 2.75) is 24.9 Å². The number of aromatic nitrogens is 1. The van der Waals surface area contributed by atoms with Gasteiger partial charge in [0.1, 0.15) is 17.5 Å². The van der Waals surface area contributed by atoms with Crippen molar-refractivity contribution in [1.29, 1.82) is 0 Å². The molecule has 3 rings (SSSR count). The summed E-state index contributed by atoms with van der Waals surface area (Å²) in [5.41, 5.74) is 0.804. The van der Waals surface area contributed by atoms with Gasteiger partial charge in [0.2, 0.25) is 0 Å². The zero-order valence-corrected chi connectivity index (χ0v) is 12.1. The first kappa shape index (κ1) is 14.1. The van der Waals surface area contributed by atoms with Crippen LogP contribution in [0.4, 0.5) is 0 Å². The van der Waals surface area contributed by atoms with Gasteiger partial charge in [0, 0.05) is 17.1 Å². The summed E-state index contributed by atoms with van der Waals surface area (Å²) in [7, 11) is 0. The molecule has 6 heteroatoms. The third-order valence-electron chi connectivity index (χ3n) is 3.79. The molecule has 5 nitrogen and oxygen atoms in total. The molecule has 1 aliphatic carbocycles. The van der Waals surface area contributed by atoms with E-state index >= 15 is 0 Å². The fourth-order valence-corrected chi connectivity index (χ4v) is 2.44. The highest BCUT2D eigenvalue weighted by Crippen LogP contribution is 2.31. The van der Waals surface area contributed by atoms with E-state index in [9.17, 15) is 9.90 Å². The smallest absolute Gasteiger partial charge is 0.256 e. The molecule has 0 saturated heterocycles. The lowest BCUT2D eigenvalue weighted by Gasteiger charge is -2.36. The molecule has 0 atom stereocenters. The van der Waals surface area contributed by atoms with Crippen molar-refractivity contribution in [3.8, 4) is 11.3 Å². The summed E-state index contributed by atoms with van der Waals surface area (Å²) in [6, 6.07) is 7.00. The molecule has 1 amide bonds. The second kappa shape index (κ2) is 5.50. The summed E-state index contributed by atoms with van der Waals surface area (Å²) in [5.74, 6) is -0.304. The van der Waals surface area contributed by atoms with E-state index in [0.717, 1.165) is 24.8 Å². The van der Waals surface area contributed by atoms with E-state index in [0.29, 0.717) is 16.3 Å². The monoisotopic (exact) mass is 306 g/mol. The van der Waals surface area contributed by atoms with Crippen LogP contribution in [0.25, 0.3) is 11.3 Å². The van der Waals surface area contributed by atoms with E-state index < -0.39 is 5.60 Å². The van der Waals surface area contributed by atoms with E-state index in [-0.39, 0.29) is 12.5 Å². The molecule has 1 heterocycles. The predicted molar refractivity (Wildman–Crippen MR) is 78.1 cm³/mol. The van der Waals surface area contributed by atoms with Gasteiger partial charge in [-0.2, -0.15) is 0 Å². The average molecular weight is 307 g/mol. The van der Waals surface area contributed by atoms with Crippen LogP contribution in [-0.4, -0.2) is 28.3 Å². The van der Waals surface area contributed by atoms with Gasteiger partial charge in [-0.15, -0.1) is 0 Å². The number of nitrogens with one attached hydrogen (secondary N) is 1. The summed E-state index contributed by atoms with van der Waals surface area (Å²) in [6.07, 6.45) is 3.75. The minimum absolute atomic E-state index is 0.247. The molecule has 21 heavy (non-hydrogen) atoms. The van der Waals surface area contributed by atoms with Crippen LogP contribution in [0.3, 0.4) is 0 Å². The Morgan fingerprint density at radius 1 is 1.38 bits per heavy atom. The third kappa shape index (κ3) is 2.94. The van der Waals surface area contributed by atoms with Crippen molar-refractivity contribution < 1.29 is 14.4 Å². The lowest BCUT2D eigenvalue weighted by atomic mass is 9.80. The molecule has 0 bridgehead atoms. The number of carbonyl (C=O) groups excluding carboxylic acids is 1. The second-order valence-corrected chi connectivity index (χ2v) is 5.78. The Kier molecular flexibility index (Phi) is 3.69. The van der Waals surface area contributed by atoms with Gasteiger partial charge in [0.25, 0.3) is 5.91 Å². The average Bonchev–Trinajstić information content (AvgIpc) is 2.93. The van der Waals surface area contributed by atoms with Gasteiger partial charge in [-0.25, -0.2) is 0 Å². The molecule has 1 fully saturated rings. The van der Waals surface area contributed by atoms with Gasteiger partial charge in [-0.1, -0.05) is 28.9 Å². The molecule has 110 valence electrons. The molecular formula is C15H15ClN2O3. The number of amides is 1. The van der Waals surface area contributed by atoms with Crippen molar-refractivity contribution >= 4 is 17.5 Å². The van der Waals surface area contributed by atoms with Crippen LogP contribution >= 0.6 is 11.6 Å². The van der Waals surface area contributed by atoms with Crippen LogP contribution in [0, 0.1) is 0 Å².